The van der Waals surface area contributed by atoms with Crippen molar-refractivity contribution in [2.75, 3.05) is 6.54 Å². The van der Waals surface area contributed by atoms with Crippen LogP contribution in [-0.4, -0.2) is 12.3 Å². The lowest BCUT2D eigenvalue weighted by atomic mass is 9.89. The van der Waals surface area contributed by atoms with Crippen molar-refractivity contribution in [3.8, 4) is 0 Å². The zero-order valence-electron chi connectivity index (χ0n) is 12.4. The summed E-state index contributed by atoms with van der Waals surface area (Å²) in [6.45, 7) is 3.19. The summed E-state index contributed by atoms with van der Waals surface area (Å²) >= 11 is 0. The SMILES string of the molecule is CCCCCCCNC1=CC(=O)C[C@H](c2ccco2)C1. The smallest absolute Gasteiger partial charge is 0.158 e. The molecular formula is C17H25NO2. The fourth-order valence-corrected chi connectivity index (χ4v) is 2.72. The van der Waals surface area contributed by atoms with Gasteiger partial charge in [-0.25, -0.2) is 0 Å². The first-order valence-corrected chi connectivity index (χ1v) is 7.80. The van der Waals surface area contributed by atoms with Crippen LogP contribution >= 0.6 is 0 Å². The number of hydrogen-bond acceptors (Lipinski definition) is 3. The maximum atomic E-state index is 11.8. The predicted molar refractivity (Wildman–Crippen MR) is 80.5 cm³/mol. The van der Waals surface area contributed by atoms with Gasteiger partial charge < -0.3 is 9.73 Å². The maximum absolute atomic E-state index is 11.8. The van der Waals surface area contributed by atoms with Crippen LogP contribution in [0.1, 0.15) is 63.5 Å². The highest BCUT2D eigenvalue weighted by Gasteiger charge is 2.23. The molecule has 1 aromatic heterocycles. The number of hydrogen-bond donors (Lipinski definition) is 1. The molecule has 110 valence electrons. The monoisotopic (exact) mass is 275 g/mol. The van der Waals surface area contributed by atoms with Crippen molar-refractivity contribution in [2.45, 2.75) is 57.8 Å². The Kier molecular flexibility index (Phi) is 5.90. The summed E-state index contributed by atoms with van der Waals surface area (Å²) in [5.74, 6) is 1.32. The fourth-order valence-electron chi connectivity index (χ4n) is 2.72. The van der Waals surface area contributed by atoms with E-state index in [0.717, 1.165) is 24.4 Å². The Morgan fingerprint density at radius 2 is 2.10 bits per heavy atom. The molecule has 1 atom stereocenters. The molecule has 0 spiro atoms. The van der Waals surface area contributed by atoms with Crippen LogP contribution in [0.3, 0.4) is 0 Å². The van der Waals surface area contributed by atoms with Crippen LogP contribution in [0.4, 0.5) is 0 Å². The Morgan fingerprint density at radius 1 is 1.25 bits per heavy atom. The van der Waals surface area contributed by atoms with Crippen LogP contribution < -0.4 is 5.32 Å². The highest BCUT2D eigenvalue weighted by atomic mass is 16.3. The lowest BCUT2D eigenvalue weighted by Crippen LogP contribution is -2.22. The predicted octanol–water partition coefficient (Wildman–Crippen LogP) is 4.17. The molecule has 3 heteroatoms. The van der Waals surface area contributed by atoms with E-state index in [0.29, 0.717) is 6.42 Å². The zero-order valence-corrected chi connectivity index (χ0v) is 12.4. The van der Waals surface area contributed by atoms with E-state index in [4.69, 9.17) is 4.42 Å². The number of carbonyl (C=O) groups excluding carboxylic acids is 1. The Morgan fingerprint density at radius 3 is 2.85 bits per heavy atom. The average molecular weight is 275 g/mol. The average Bonchev–Trinajstić information content (AvgIpc) is 2.96. The summed E-state index contributed by atoms with van der Waals surface area (Å²) in [5, 5.41) is 3.42. The third-order valence-electron chi connectivity index (χ3n) is 3.83. The van der Waals surface area contributed by atoms with Gasteiger partial charge in [0.1, 0.15) is 5.76 Å². The van der Waals surface area contributed by atoms with Crippen molar-refractivity contribution in [2.24, 2.45) is 0 Å². The Balaban J connectivity index is 1.75. The molecule has 20 heavy (non-hydrogen) atoms. The van der Waals surface area contributed by atoms with Crippen LogP contribution in [0.2, 0.25) is 0 Å². The van der Waals surface area contributed by atoms with Crippen LogP contribution in [0.5, 0.6) is 0 Å². The van der Waals surface area contributed by atoms with Gasteiger partial charge >= 0.3 is 0 Å². The van der Waals surface area contributed by atoms with E-state index < -0.39 is 0 Å². The number of unbranched alkanes of at least 4 members (excludes halogenated alkanes) is 4. The lowest BCUT2D eigenvalue weighted by molar-refractivity contribution is -0.115. The van der Waals surface area contributed by atoms with Crippen molar-refractivity contribution in [1.82, 2.24) is 5.32 Å². The number of ketones is 1. The summed E-state index contributed by atoms with van der Waals surface area (Å²) in [7, 11) is 0. The molecule has 0 unspecified atom stereocenters. The highest BCUT2D eigenvalue weighted by Crippen LogP contribution is 2.30. The molecule has 3 nitrogen and oxygen atoms in total. The van der Waals surface area contributed by atoms with Crippen molar-refractivity contribution < 1.29 is 9.21 Å². The number of furan rings is 1. The minimum absolute atomic E-state index is 0.199. The molecule has 1 N–H and O–H groups in total. The van der Waals surface area contributed by atoms with Gasteiger partial charge in [0.25, 0.3) is 0 Å². The molecule has 0 amide bonds. The van der Waals surface area contributed by atoms with E-state index in [1.54, 1.807) is 12.3 Å². The first-order valence-electron chi connectivity index (χ1n) is 7.80. The normalized spacial score (nSPS) is 18.9. The fraction of sp³-hybridized carbons (Fsp3) is 0.588. The molecule has 0 radical (unpaired) electrons. The first kappa shape index (κ1) is 14.9. The quantitative estimate of drug-likeness (QED) is 0.724. The number of carbonyl (C=O) groups is 1. The topological polar surface area (TPSA) is 42.2 Å². The van der Waals surface area contributed by atoms with Gasteiger partial charge in [-0.2, -0.15) is 0 Å². The van der Waals surface area contributed by atoms with Gasteiger partial charge in [0.15, 0.2) is 5.78 Å². The molecule has 0 saturated heterocycles. The van der Waals surface area contributed by atoms with Gasteiger partial charge in [0.2, 0.25) is 0 Å². The standard InChI is InChI=1S/C17H25NO2/c1-2-3-4-5-6-9-18-15-11-14(12-16(19)13-15)17-8-7-10-20-17/h7-8,10,13-14,18H,2-6,9,11-12H2,1H3/t14-/m1/s1. The second-order valence-electron chi connectivity index (χ2n) is 5.60. The van der Waals surface area contributed by atoms with Crippen molar-refractivity contribution >= 4 is 5.78 Å². The molecule has 0 saturated carbocycles. The van der Waals surface area contributed by atoms with Crippen LogP contribution in [0.25, 0.3) is 0 Å². The summed E-state index contributed by atoms with van der Waals surface area (Å²) in [6, 6.07) is 3.85. The van der Waals surface area contributed by atoms with Crippen molar-refractivity contribution in [3.05, 3.63) is 35.9 Å². The Labute approximate surface area is 121 Å². The highest BCUT2D eigenvalue weighted by molar-refractivity contribution is 5.91. The molecule has 1 heterocycles. The van der Waals surface area contributed by atoms with Gasteiger partial charge in [-0.3, -0.25) is 4.79 Å². The second-order valence-corrected chi connectivity index (χ2v) is 5.60. The molecule has 1 aliphatic rings. The van der Waals surface area contributed by atoms with Crippen LogP contribution in [0.15, 0.2) is 34.6 Å². The Hall–Kier alpha value is -1.51. The van der Waals surface area contributed by atoms with E-state index in [1.165, 1.54) is 32.1 Å². The molecule has 1 aromatic rings. The maximum Gasteiger partial charge on any atom is 0.158 e. The lowest BCUT2D eigenvalue weighted by Gasteiger charge is -2.21. The minimum Gasteiger partial charge on any atom is -0.469 e. The van der Waals surface area contributed by atoms with Gasteiger partial charge in [0, 0.05) is 30.7 Å². The van der Waals surface area contributed by atoms with Gasteiger partial charge in [0.05, 0.1) is 6.26 Å². The van der Waals surface area contributed by atoms with Gasteiger partial charge in [-0.05, 0) is 25.0 Å². The molecular weight excluding hydrogens is 250 g/mol. The minimum atomic E-state index is 0.199. The zero-order chi connectivity index (χ0) is 14.2. The third-order valence-corrected chi connectivity index (χ3v) is 3.83. The molecule has 1 aliphatic carbocycles. The number of allylic oxidation sites excluding steroid dienone is 2. The van der Waals surface area contributed by atoms with Gasteiger partial charge in [-0.15, -0.1) is 0 Å². The van der Waals surface area contributed by atoms with Crippen LogP contribution in [-0.2, 0) is 4.79 Å². The van der Waals surface area contributed by atoms with Crippen molar-refractivity contribution in [1.29, 1.82) is 0 Å². The summed E-state index contributed by atoms with van der Waals surface area (Å²) in [6.07, 6.45) is 11.2. The van der Waals surface area contributed by atoms with E-state index in [9.17, 15) is 4.79 Å². The van der Waals surface area contributed by atoms with E-state index in [1.807, 2.05) is 12.1 Å². The van der Waals surface area contributed by atoms with E-state index in [-0.39, 0.29) is 11.7 Å². The third kappa shape index (κ3) is 4.55. The molecule has 0 bridgehead atoms. The number of nitrogens with one attached hydrogen (secondary N) is 1. The first-order chi connectivity index (χ1) is 9.79. The summed E-state index contributed by atoms with van der Waals surface area (Å²) in [5.41, 5.74) is 1.07. The van der Waals surface area contributed by atoms with Crippen LogP contribution in [0, 0.1) is 0 Å². The van der Waals surface area contributed by atoms with E-state index >= 15 is 0 Å². The molecule has 2 rings (SSSR count). The molecule has 0 aromatic carbocycles. The summed E-state index contributed by atoms with van der Waals surface area (Å²) < 4.78 is 5.43. The van der Waals surface area contributed by atoms with Crippen molar-refractivity contribution in [3.63, 3.8) is 0 Å². The summed E-state index contributed by atoms with van der Waals surface area (Å²) in [4.78, 5) is 11.8. The Bertz CT molecular complexity index is 434. The second kappa shape index (κ2) is 7.93. The number of rotatable bonds is 8. The molecule has 0 aliphatic heterocycles. The van der Waals surface area contributed by atoms with E-state index in [2.05, 4.69) is 12.2 Å². The largest absolute Gasteiger partial charge is 0.469 e. The molecule has 0 fully saturated rings. The van der Waals surface area contributed by atoms with Gasteiger partial charge in [-0.1, -0.05) is 32.6 Å².